The number of rotatable bonds is 7. The third-order valence-corrected chi connectivity index (χ3v) is 5.52. The Hall–Kier alpha value is -4.18. The average molecular weight is 512 g/mol. The van der Waals surface area contributed by atoms with Crippen LogP contribution in [0.5, 0.6) is 0 Å². The predicted octanol–water partition coefficient (Wildman–Crippen LogP) is 5.34. The summed E-state index contributed by atoms with van der Waals surface area (Å²) in [5.74, 6) is -1.16. The van der Waals surface area contributed by atoms with Crippen molar-refractivity contribution in [1.29, 1.82) is 0 Å². The maximum absolute atomic E-state index is 10.6. The van der Waals surface area contributed by atoms with E-state index in [0.29, 0.717) is 6.54 Å². The lowest BCUT2D eigenvalue weighted by molar-refractivity contribution is -0.192. The Labute approximate surface area is 212 Å². The summed E-state index contributed by atoms with van der Waals surface area (Å²) in [4.78, 5) is 13.8. The number of carbonyl (C=O) groups is 1. The number of hydrogen-bond acceptors (Lipinski definition) is 5. The second kappa shape index (κ2) is 12.2. The fraction of sp³-hybridized carbons (Fsp3) is 0.222. The second-order valence-electron chi connectivity index (χ2n) is 8.16. The minimum atomic E-state index is -5.08. The van der Waals surface area contributed by atoms with Crippen molar-refractivity contribution >= 4 is 11.7 Å². The SMILES string of the molecule is CCc1cccc(C(Nc2ccc(CN)cc2)c2nc(-c3ccccc3)nn2C)c1.O=C(O)C(F)(F)F. The van der Waals surface area contributed by atoms with Crippen LogP contribution in [0.25, 0.3) is 11.4 Å². The smallest absolute Gasteiger partial charge is 0.475 e. The highest BCUT2D eigenvalue weighted by Gasteiger charge is 2.38. The van der Waals surface area contributed by atoms with Gasteiger partial charge in [0.1, 0.15) is 6.04 Å². The highest BCUT2D eigenvalue weighted by Crippen LogP contribution is 2.28. The first-order valence-corrected chi connectivity index (χ1v) is 11.5. The number of alkyl halides is 3. The van der Waals surface area contributed by atoms with Crippen molar-refractivity contribution in [3.05, 3.63) is 101 Å². The zero-order valence-electron chi connectivity index (χ0n) is 20.4. The van der Waals surface area contributed by atoms with Crippen LogP contribution in [0.1, 0.15) is 35.5 Å². The number of carboxylic acids is 1. The van der Waals surface area contributed by atoms with Crippen molar-refractivity contribution in [2.75, 3.05) is 5.32 Å². The fourth-order valence-corrected chi connectivity index (χ4v) is 3.55. The molecular weight excluding hydrogens is 483 g/mol. The molecule has 10 heteroatoms. The molecular formula is C27H28F3N5O2. The van der Waals surface area contributed by atoms with E-state index in [-0.39, 0.29) is 6.04 Å². The van der Waals surface area contributed by atoms with Gasteiger partial charge < -0.3 is 16.2 Å². The zero-order chi connectivity index (χ0) is 27.0. The Morgan fingerprint density at radius 1 is 1.03 bits per heavy atom. The molecule has 0 radical (unpaired) electrons. The van der Waals surface area contributed by atoms with Crippen LogP contribution in [0.4, 0.5) is 18.9 Å². The van der Waals surface area contributed by atoms with Gasteiger partial charge in [0.2, 0.25) is 0 Å². The van der Waals surface area contributed by atoms with Crippen LogP contribution in [-0.4, -0.2) is 32.0 Å². The topological polar surface area (TPSA) is 106 Å². The van der Waals surface area contributed by atoms with Gasteiger partial charge in [-0.2, -0.15) is 18.3 Å². The molecule has 0 amide bonds. The number of nitrogens with one attached hydrogen (secondary N) is 1. The number of aromatic nitrogens is 3. The van der Waals surface area contributed by atoms with E-state index in [4.69, 9.17) is 20.6 Å². The molecule has 1 unspecified atom stereocenters. The lowest BCUT2D eigenvalue weighted by Crippen LogP contribution is -2.21. The van der Waals surface area contributed by atoms with Gasteiger partial charge in [-0.15, -0.1) is 0 Å². The van der Waals surface area contributed by atoms with E-state index in [9.17, 15) is 13.2 Å². The molecule has 1 aromatic heterocycles. The molecule has 0 bridgehead atoms. The Bertz CT molecular complexity index is 1310. The molecule has 4 aromatic rings. The highest BCUT2D eigenvalue weighted by atomic mass is 19.4. The van der Waals surface area contributed by atoms with Crippen LogP contribution in [0.2, 0.25) is 0 Å². The molecule has 0 saturated carbocycles. The first-order valence-electron chi connectivity index (χ1n) is 11.5. The zero-order valence-corrected chi connectivity index (χ0v) is 20.4. The van der Waals surface area contributed by atoms with Gasteiger partial charge in [-0.1, -0.05) is 73.7 Å². The summed E-state index contributed by atoms with van der Waals surface area (Å²) in [6.07, 6.45) is -4.10. The molecule has 1 atom stereocenters. The lowest BCUT2D eigenvalue weighted by atomic mass is 10.0. The van der Waals surface area contributed by atoms with Crippen LogP contribution in [0.15, 0.2) is 78.9 Å². The molecule has 7 nitrogen and oxygen atoms in total. The normalized spacial score (nSPS) is 11.8. The van der Waals surface area contributed by atoms with Crippen LogP contribution >= 0.6 is 0 Å². The summed E-state index contributed by atoms with van der Waals surface area (Å²) in [5, 5.41) is 15.5. The summed E-state index contributed by atoms with van der Waals surface area (Å²) in [6.45, 7) is 2.70. The largest absolute Gasteiger partial charge is 0.490 e. The van der Waals surface area contributed by atoms with E-state index < -0.39 is 12.1 Å². The van der Waals surface area contributed by atoms with Crippen LogP contribution in [0, 0.1) is 0 Å². The van der Waals surface area contributed by atoms with Gasteiger partial charge >= 0.3 is 12.1 Å². The van der Waals surface area contributed by atoms with E-state index in [1.165, 1.54) is 5.56 Å². The monoisotopic (exact) mass is 511 g/mol. The molecule has 0 aliphatic carbocycles. The average Bonchev–Trinajstić information content (AvgIpc) is 3.29. The van der Waals surface area contributed by atoms with Gasteiger partial charge in [-0.05, 0) is 35.2 Å². The molecule has 0 saturated heterocycles. The number of aryl methyl sites for hydroxylation is 2. The maximum atomic E-state index is 10.6. The van der Waals surface area contributed by atoms with Gasteiger partial charge in [0.15, 0.2) is 11.6 Å². The van der Waals surface area contributed by atoms with Crippen LogP contribution < -0.4 is 11.1 Å². The van der Waals surface area contributed by atoms with E-state index in [1.54, 1.807) is 0 Å². The number of carboxylic acid groups (broad SMARTS) is 1. The summed E-state index contributed by atoms with van der Waals surface area (Å²) in [6, 6.07) is 26.8. The molecule has 0 aliphatic rings. The molecule has 37 heavy (non-hydrogen) atoms. The second-order valence-corrected chi connectivity index (χ2v) is 8.16. The summed E-state index contributed by atoms with van der Waals surface area (Å²) in [7, 11) is 1.95. The van der Waals surface area contributed by atoms with Crippen molar-refractivity contribution < 1.29 is 23.1 Å². The van der Waals surface area contributed by atoms with Gasteiger partial charge in [0, 0.05) is 24.8 Å². The highest BCUT2D eigenvalue weighted by molar-refractivity contribution is 5.73. The van der Waals surface area contributed by atoms with Crippen molar-refractivity contribution in [3.63, 3.8) is 0 Å². The van der Waals surface area contributed by atoms with E-state index >= 15 is 0 Å². The predicted molar refractivity (Wildman–Crippen MR) is 136 cm³/mol. The molecule has 4 rings (SSSR count). The van der Waals surface area contributed by atoms with Crippen LogP contribution in [0.3, 0.4) is 0 Å². The number of anilines is 1. The Morgan fingerprint density at radius 2 is 1.68 bits per heavy atom. The quantitative estimate of drug-likeness (QED) is 0.309. The van der Waals surface area contributed by atoms with Gasteiger partial charge in [-0.25, -0.2) is 9.78 Å². The number of nitrogens with two attached hydrogens (primary N) is 1. The van der Waals surface area contributed by atoms with Crippen molar-refractivity contribution in [1.82, 2.24) is 14.8 Å². The van der Waals surface area contributed by atoms with Gasteiger partial charge in [0.25, 0.3) is 0 Å². The molecule has 0 fully saturated rings. The number of hydrogen-bond donors (Lipinski definition) is 3. The summed E-state index contributed by atoms with van der Waals surface area (Å²) >= 11 is 0. The minimum absolute atomic E-state index is 0.129. The van der Waals surface area contributed by atoms with Gasteiger partial charge in [0.05, 0.1) is 0 Å². The molecule has 0 aliphatic heterocycles. The lowest BCUT2D eigenvalue weighted by Gasteiger charge is -2.20. The van der Waals surface area contributed by atoms with Crippen molar-refractivity contribution in [2.45, 2.75) is 32.1 Å². The van der Waals surface area contributed by atoms with E-state index in [0.717, 1.165) is 40.4 Å². The minimum Gasteiger partial charge on any atom is -0.475 e. The fourth-order valence-electron chi connectivity index (χ4n) is 3.55. The van der Waals surface area contributed by atoms with Crippen molar-refractivity contribution in [2.24, 2.45) is 12.8 Å². The molecule has 0 spiro atoms. The summed E-state index contributed by atoms with van der Waals surface area (Å²) < 4.78 is 33.6. The Balaban J connectivity index is 0.000000479. The van der Waals surface area contributed by atoms with E-state index in [1.807, 2.05) is 54.2 Å². The number of halogens is 3. The first-order chi connectivity index (χ1) is 17.6. The first kappa shape index (κ1) is 27.4. The number of aliphatic carboxylic acids is 1. The molecule has 4 N–H and O–H groups in total. The Morgan fingerprint density at radius 3 is 2.24 bits per heavy atom. The third kappa shape index (κ3) is 7.40. The molecule has 1 heterocycles. The van der Waals surface area contributed by atoms with Gasteiger partial charge in [-0.3, -0.25) is 4.68 Å². The van der Waals surface area contributed by atoms with E-state index in [2.05, 4.69) is 53.7 Å². The van der Waals surface area contributed by atoms with Crippen molar-refractivity contribution in [3.8, 4) is 11.4 Å². The summed E-state index contributed by atoms with van der Waals surface area (Å²) in [5.41, 5.74) is 11.3. The van der Waals surface area contributed by atoms with Crippen LogP contribution in [-0.2, 0) is 24.8 Å². The maximum Gasteiger partial charge on any atom is 0.490 e. The third-order valence-electron chi connectivity index (χ3n) is 5.52. The standard InChI is InChI=1S/C25H27N5.C2HF3O2/c1-3-18-8-7-11-21(16-18)23(27-22-14-12-19(17-26)13-15-22)25-28-24(29-30(25)2)20-9-5-4-6-10-20;3-2(4,5)1(6)7/h4-16,23,27H,3,17,26H2,1-2H3;(H,6,7). The number of benzene rings is 3. The Kier molecular flexibility index (Phi) is 9.02. The number of nitrogens with zero attached hydrogens (tertiary/aromatic N) is 3. The molecule has 194 valence electrons. The molecule has 3 aromatic carbocycles.